The van der Waals surface area contributed by atoms with E-state index in [1.807, 2.05) is 12.1 Å². The number of esters is 1. The number of benzene rings is 1. The monoisotopic (exact) mass is 447 g/mol. The van der Waals surface area contributed by atoms with Gasteiger partial charge in [0.2, 0.25) is 9.70 Å². The number of halogens is 3. The molecule has 28 heavy (non-hydrogen) atoms. The molecule has 2 fully saturated rings. The number of fused-ring (bicyclic) bond motifs is 5. The van der Waals surface area contributed by atoms with E-state index in [-0.39, 0.29) is 12.3 Å². The maximum Gasteiger partial charge on any atom is 0.407 e. The first-order valence-corrected chi connectivity index (χ1v) is 9.67. The predicted molar refractivity (Wildman–Crippen MR) is 101 cm³/mol. The topological polar surface area (TPSA) is 97.0 Å². The Bertz CT molecular complexity index is 861. The number of rotatable bonds is 2. The fraction of sp³-hybridized carbons (Fsp3) is 0.471. The number of alkyl halides is 3. The smallest absolute Gasteiger partial charge is 0.407 e. The molecule has 11 heteroatoms. The van der Waals surface area contributed by atoms with Crippen molar-refractivity contribution in [3.63, 3.8) is 0 Å². The third-order valence-electron chi connectivity index (χ3n) is 5.07. The summed E-state index contributed by atoms with van der Waals surface area (Å²) >= 11 is 16.7. The highest BCUT2D eigenvalue weighted by atomic mass is 35.6. The van der Waals surface area contributed by atoms with Gasteiger partial charge in [0.15, 0.2) is 5.60 Å². The standard InChI is InChI=1S/C17H16Cl3N3O5/c1-8-12(24)23-11-5-3-2-4-9(11)16(14(23)21-8)6-10(13(25)28-16)22-15(26)27-7-17(18,19)20/h2-5,8,10,14,21H,6-7H2,1H3,(H,22,26)/t8-,10+,14-,16+/m0/s1. The minimum absolute atomic E-state index is 0.108. The lowest BCUT2D eigenvalue weighted by molar-refractivity contribution is -0.151. The van der Waals surface area contributed by atoms with E-state index in [0.717, 1.165) is 0 Å². The summed E-state index contributed by atoms with van der Waals surface area (Å²) in [5.74, 6) is -0.736. The van der Waals surface area contributed by atoms with Gasteiger partial charge >= 0.3 is 12.1 Å². The van der Waals surface area contributed by atoms with Crippen molar-refractivity contribution in [1.29, 1.82) is 0 Å². The Labute approximate surface area is 175 Å². The third kappa shape index (κ3) is 3.08. The molecular formula is C17H16Cl3N3O5. The molecule has 4 atom stereocenters. The van der Waals surface area contributed by atoms with E-state index in [9.17, 15) is 14.4 Å². The van der Waals surface area contributed by atoms with Gasteiger partial charge < -0.3 is 14.8 Å². The Morgan fingerprint density at radius 2 is 2.11 bits per heavy atom. The van der Waals surface area contributed by atoms with Crippen molar-refractivity contribution >= 4 is 58.5 Å². The molecule has 0 unspecified atom stereocenters. The number of carbonyl (C=O) groups excluding carboxylic acids is 3. The van der Waals surface area contributed by atoms with Gasteiger partial charge in [0.1, 0.15) is 18.8 Å². The number of hydrogen-bond donors (Lipinski definition) is 2. The Hall–Kier alpha value is -1.74. The fourth-order valence-corrected chi connectivity index (χ4v) is 4.12. The van der Waals surface area contributed by atoms with Crippen LogP contribution in [0, 0.1) is 0 Å². The zero-order valence-corrected chi connectivity index (χ0v) is 16.8. The molecule has 2 N–H and O–H groups in total. The van der Waals surface area contributed by atoms with Crippen LogP contribution in [0.5, 0.6) is 0 Å². The van der Waals surface area contributed by atoms with E-state index in [1.54, 1.807) is 24.0 Å². The summed E-state index contributed by atoms with van der Waals surface area (Å²) < 4.78 is 8.83. The lowest BCUT2D eigenvalue weighted by Gasteiger charge is -2.29. The SMILES string of the molecule is C[C@@H]1N[C@H]2N(C1=O)c1ccccc1[C@]21C[C@@H](NC(=O)OCC(Cl)(Cl)Cl)C(=O)O1. The lowest BCUT2D eigenvalue weighted by atomic mass is 9.89. The van der Waals surface area contributed by atoms with Crippen molar-refractivity contribution in [3.05, 3.63) is 29.8 Å². The molecule has 0 radical (unpaired) electrons. The second-order valence-electron chi connectivity index (χ2n) is 6.92. The normalized spacial score (nSPS) is 31.0. The van der Waals surface area contributed by atoms with Gasteiger partial charge in [0.25, 0.3) is 0 Å². The number of nitrogens with zero attached hydrogens (tertiary/aromatic N) is 1. The van der Waals surface area contributed by atoms with Gasteiger partial charge in [0.05, 0.1) is 11.7 Å². The molecule has 3 aliphatic heterocycles. The van der Waals surface area contributed by atoms with Crippen LogP contribution in [0.25, 0.3) is 0 Å². The molecule has 0 saturated carbocycles. The summed E-state index contributed by atoms with van der Waals surface area (Å²) in [5.41, 5.74) is 0.281. The Morgan fingerprint density at radius 3 is 2.82 bits per heavy atom. The molecule has 1 spiro atoms. The third-order valence-corrected chi connectivity index (χ3v) is 5.40. The summed E-state index contributed by atoms with van der Waals surface area (Å²) in [7, 11) is 0. The van der Waals surface area contributed by atoms with Crippen LogP contribution in [0.4, 0.5) is 10.5 Å². The average molecular weight is 449 g/mol. The maximum absolute atomic E-state index is 12.6. The molecule has 8 nitrogen and oxygen atoms in total. The zero-order chi connectivity index (χ0) is 20.3. The van der Waals surface area contributed by atoms with Crippen molar-refractivity contribution in [2.24, 2.45) is 0 Å². The van der Waals surface area contributed by atoms with Crippen molar-refractivity contribution in [1.82, 2.24) is 10.6 Å². The molecule has 2 amide bonds. The molecule has 1 aromatic carbocycles. The van der Waals surface area contributed by atoms with E-state index in [1.165, 1.54) is 0 Å². The van der Waals surface area contributed by atoms with Crippen LogP contribution in [0.2, 0.25) is 0 Å². The molecule has 2 saturated heterocycles. The lowest BCUT2D eigenvalue weighted by Crippen LogP contribution is -2.49. The van der Waals surface area contributed by atoms with Crippen LogP contribution in [0.3, 0.4) is 0 Å². The number of amides is 2. The highest BCUT2D eigenvalue weighted by Gasteiger charge is 2.64. The average Bonchev–Trinajstić information content (AvgIpc) is 3.19. The van der Waals surface area contributed by atoms with Crippen LogP contribution in [0.15, 0.2) is 24.3 Å². The second kappa shape index (κ2) is 6.66. The Balaban J connectivity index is 1.58. The molecule has 1 aromatic rings. The van der Waals surface area contributed by atoms with Crippen LogP contribution >= 0.6 is 34.8 Å². The first-order valence-electron chi connectivity index (χ1n) is 8.54. The molecule has 4 rings (SSSR count). The van der Waals surface area contributed by atoms with E-state index in [4.69, 9.17) is 44.3 Å². The van der Waals surface area contributed by atoms with Gasteiger partial charge in [-0.15, -0.1) is 0 Å². The molecule has 0 aliphatic carbocycles. The van der Waals surface area contributed by atoms with Gasteiger partial charge in [-0.1, -0.05) is 53.0 Å². The van der Waals surface area contributed by atoms with Crippen LogP contribution in [-0.2, 0) is 24.7 Å². The van der Waals surface area contributed by atoms with Crippen LogP contribution in [-0.4, -0.2) is 46.6 Å². The molecule has 3 aliphatic rings. The number of hydrogen-bond acceptors (Lipinski definition) is 6. The van der Waals surface area contributed by atoms with Gasteiger partial charge in [-0.3, -0.25) is 15.0 Å². The van der Waals surface area contributed by atoms with Crippen LogP contribution < -0.4 is 15.5 Å². The summed E-state index contributed by atoms with van der Waals surface area (Å²) in [4.78, 5) is 38.7. The molecule has 0 aromatic heterocycles. The van der Waals surface area contributed by atoms with Crippen molar-refractivity contribution in [2.45, 2.75) is 41.0 Å². The van der Waals surface area contributed by atoms with E-state index in [2.05, 4.69) is 10.6 Å². The fourth-order valence-electron chi connectivity index (χ4n) is 3.96. The van der Waals surface area contributed by atoms with Crippen molar-refractivity contribution in [2.75, 3.05) is 11.5 Å². The van der Waals surface area contributed by atoms with Crippen molar-refractivity contribution < 1.29 is 23.9 Å². The minimum atomic E-state index is -1.76. The number of ether oxygens (including phenoxy) is 2. The summed E-state index contributed by atoms with van der Waals surface area (Å²) in [6.07, 6.45) is -1.34. The number of nitrogens with one attached hydrogen (secondary N) is 2. The highest BCUT2D eigenvalue weighted by Crippen LogP contribution is 2.52. The summed E-state index contributed by atoms with van der Waals surface area (Å²) in [6, 6.07) is 5.84. The molecule has 0 bridgehead atoms. The van der Waals surface area contributed by atoms with Gasteiger partial charge in [0, 0.05) is 12.0 Å². The van der Waals surface area contributed by atoms with Gasteiger partial charge in [-0.25, -0.2) is 9.59 Å². The number of carbonyl (C=O) groups is 3. The zero-order valence-electron chi connectivity index (χ0n) is 14.6. The van der Waals surface area contributed by atoms with Crippen molar-refractivity contribution in [3.8, 4) is 0 Å². The number of alkyl carbamates (subject to hydrolysis) is 1. The first-order chi connectivity index (χ1) is 13.1. The Kier molecular flexibility index (Phi) is 4.65. The second-order valence-corrected chi connectivity index (χ2v) is 9.44. The summed E-state index contributed by atoms with van der Waals surface area (Å²) in [6.45, 7) is 1.28. The minimum Gasteiger partial charge on any atom is -0.449 e. The molecular weight excluding hydrogens is 433 g/mol. The van der Waals surface area contributed by atoms with Gasteiger partial charge in [-0.2, -0.15) is 0 Å². The largest absolute Gasteiger partial charge is 0.449 e. The molecule has 150 valence electrons. The van der Waals surface area contributed by atoms with E-state index >= 15 is 0 Å². The highest BCUT2D eigenvalue weighted by molar-refractivity contribution is 6.67. The number of anilines is 1. The molecule has 3 heterocycles. The van der Waals surface area contributed by atoms with Gasteiger partial charge in [-0.05, 0) is 13.0 Å². The van der Waals surface area contributed by atoms with E-state index in [0.29, 0.717) is 11.3 Å². The summed E-state index contributed by atoms with van der Waals surface area (Å²) in [5, 5.41) is 5.63. The predicted octanol–water partition coefficient (Wildman–Crippen LogP) is 1.96. The van der Waals surface area contributed by atoms with E-state index < -0.39 is 46.3 Å². The quantitative estimate of drug-likeness (QED) is 0.530. The Morgan fingerprint density at radius 1 is 1.39 bits per heavy atom. The number of para-hydroxylation sites is 1. The maximum atomic E-state index is 12.6. The van der Waals surface area contributed by atoms with Crippen LogP contribution in [0.1, 0.15) is 18.9 Å². The first kappa shape index (κ1) is 19.6.